The lowest BCUT2D eigenvalue weighted by molar-refractivity contribution is 0.724. The largest absolute Gasteiger partial charge is 0.370 e. The van der Waals surface area contributed by atoms with E-state index in [1.165, 1.54) is 12.1 Å². The standard InChI is InChI=1S/C11H14BrClN2/c12-10-8-9(2-3-11(10)13)15-6-1-4-14-5-7-15/h2-3,8,14H,1,4-7H2. The van der Waals surface area contributed by atoms with E-state index in [0.29, 0.717) is 0 Å². The van der Waals surface area contributed by atoms with Gasteiger partial charge in [-0.3, -0.25) is 0 Å². The molecule has 0 aliphatic carbocycles. The Bertz CT molecular complexity index is 335. The first kappa shape index (κ1) is 11.2. The van der Waals surface area contributed by atoms with Gasteiger partial charge in [0.1, 0.15) is 0 Å². The van der Waals surface area contributed by atoms with Crippen molar-refractivity contribution in [1.29, 1.82) is 0 Å². The van der Waals surface area contributed by atoms with Crippen LogP contribution >= 0.6 is 27.5 Å². The third kappa shape index (κ3) is 2.86. The van der Waals surface area contributed by atoms with E-state index in [0.717, 1.165) is 35.7 Å². The molecule has 1 aromatic rings. The average molecular weight is 290 g/mol. The lowest BCUT2D eigenvalue weighted by Gasteiger charge is -2.22. The van der Waals surface area contributed by atoms with Gasteiger partial charge in [-0.15, -0.1) is 0 Å². The Morgan fingerprint density at radius 2 is 2.13 bits per heavy atom. The molecule has 1 aromatic carbocycles. The van der Waals surface area contributed by atoms with Gasteiger partial charge in [-0.2, -0.15) is 0 Å². The third-order valence-corrected chi connectivity index (χ3v) is 3.82. The average Bonchev–Trinajstić information content (AvgIpc) is 2.50. The summed E-state index contributed by atoms with van der Waals surface area (Å²) in [6.07, 6.45) is 1.19. The molecule has 4 heteroatoms. The van der Waals surface area contributed by atoms with Crippen LogP contribution in [0.4, 0.5) is 5.69 Å². The Kier molecular flexibility index (Phi) is 3.89. The van der Waals surface area contributed by atoms with Gasteiger partial charge in [0.2, 0.25) is 0 Å². The van der Waals surface area contributed by atoms with Gasteiger partial charge in [-0.05, 0) is 47.1 Å². The molecule has 1 aliphatic heterocycles. The molecule has 0 atom stereocenters. The Hall–Kier alpha value is -0.250. The SMILES string of the molecule is Clc1ccc(N2CCCNCC2)cc1Br. The lowest BCUT2D eigenvalue weighted by Crippen LogP contribution is -2.27. The Morgan fingerprint density at radius 3 is 2.93 bits per heavy atom. The topological polar surface area (TPSA) is 15.3 Å². The minimum atomic E-state index is 0.770. The molecule has 15 heavy (non-hydrogen) atoms. The van der Waals surface area contributed by atoms with Gasteiger partial charge in [0.15, 0.2) is 0 Å². The Balaban J connectivity index is 2.16. The summed E-state index contributed by atoms with van der Waals surface area (Å²) in [5.74, 6) is 0. The monoisotopic (exact) mass is 288 g/mol. The van der Waals surface area contributed by atoms with Crippen molar-refractivity contribution in [2.45, 2.75) is 6.42 Å². The van der Waals surface area contributed by atoms with Crippen LogP contribution in [0.25, 0.3) is 0 Å². The zero-order chi connectivity index (χ0) is 10.7. The highest BCUT2D eigenvalue weighted by molar-refractivity contribution is 9.10. The molecule has 2 rings (SSSR count). The summed E-state index contributed by atoms with van der Waals surface area (Å²) in [6, 6.07) is 6.12. The maximum atomic E-state index is 5.97. The maximum absolute atomic E-state index is 5.97. The van der Waals surface area contributed by atoms with Gasteiger partial charge in [0, 0.05) is 29.8 Å². The first-order valence-electron chi connectivity index (χ1n) is 5.18. The van der Waals surface area contributed by atoms with Crippen molar-refractivity contribution in [2.75, 3.05) is 31.1 Å². The van der Waals surface area contributed by atoms with Gasteiger partial charge < -0.3 is 10.2 Å². The molecule has 1 heterocycles. The number of halogens is 2. The number of nitrogens with zero attached hydrogens (tertiary/aromatic N) is 1. The van der Waals surface area contributed by atoms with Crippen LogP contribution in [0.2, 0.25) is 5.02 Å². The van der Waals surface area contributed by atoms with Crippen LogP contribution in [0.1, 0.15) is 6.42 Å². The predicted molar refractivity (Wildman–Crippen MR) is 68.9 cm³/mol. The molecule has 1 N–H and O–H groups in total. The molecule has 0 amide bonds. The fourth-order valence-corrected chi connectivity index (χ4v) is 2.27. The van der Waals surface area contributed by atoms with Gasteiger partial charge in [-0.25, -0.2) is 0 Å². The number of hydrogen-bond donors (Lipinski definition) is 1. The molecule has 0 radical (unpaired) electrons. The summed E-state index contributed by atoms with van der Waals surface area (Å²) >= 11 is 9.43. The summed E-state index contributed by atoms with van der Waals surface area (Å²) in [5.41, 5.74) is 1.25. The fraction of sp³-hybridized carbons (Fsp3) is 0.455. The van der Waals surface area contributed by atoms with Gasteiger partial charge in [-0.1, -0.05) is 11.6 Å². The second kappa shape index (κ2) is 5.19. The van der Waals surface area contributed by atoms with E-state index >= 15 is 0 Å². The molecule has 1 aliphatic rings. The minimum Gasteiger partial charge on any atom is -0.370 e. The Labute approximate surface area is 104 Å². The quantitative estimate of drug-likeness (QED) is 0.855. The number of anilines is 1. The van der Waals surface area contributed by atoms with Crippen molar-refractivity contribution in [3.8, 4) is 0 Å². The molecule has 2 nitrogen and oxygen atoms in total. The van der Waals surface area contributed by atoms with Crippen LogP contribution in [0.5, 0.6) is 0 Å². The number of hydrogen-bond acceptors (Lipinski definition) is 2. The Morgan fingerprint density at radius 1 is 1.27 bits per heavy atom. The summed E-state index contributed by atoms with van der Waals surface area (Å²) in [4.78, 5) is 2.39. The van der Waals surface area contributed by atoms with E-state index in [4.69, 9.17) is 11.6 Å². The second-order valence-corrected chi connectivity index (χ2v) is 4.95. The molecular formula is C11H14BrClN2. The number of rotatable bonds is 1. The van der Waals surface area contributed by atoms with Gasteiger partial charge >= 0.3 is 0 Å². The zero-order valence-corrected chi connectivity index (χ0v) is 10.8. The van der Waals surface area contributed by atoms with Crippen molar-refractivity contribution >= 4 is 33.2 Å². The highest BCUT2D eigenvalue weighted by atomic mass is 79.9. The highest BCUT2D eigenvalue weighted by Gasteiger charge is 2.10. The molecule has 1 fully saturated rings. The first-order chi connectivity index (χ1) is 7.27. The van der Waals surface area contributed by atoms with Crippen LogP contribution in [0, 0.1) is 0 Å². The van der Waals surface area contributed by atoms with Crippen LogP contribution in [0.3, 0.4) is 0 Å². The molecule has 0 bridgehead atoms. The van der Waals surface area contributed by atoms with Gasteiger partial charge in [0.05, 0.1) is 5.02 Å². The lowest BCUT2D eigenvalue weighted by atomic mass is 10.2. The van der Waals surface area contributed by atoms with Crippen LogP contribution in [0.15, 0.2) is 22.7 Å². The molecule has 0 unspecified atom stereocenters. The van der Waals surface area contributed by atoms with E-state index in [1.807, 2.05) is 6.07 Å². The fourth-order valence-electron chi connectivity index (χ4n) is 1.79. The number of nitrogens with one attached hydrogen (secondary N) is 1. The summed E-state index contributed by atoms with van der Waals surface area (Å²) in [7, 11) is 0. The summed E-state index contributed by atoms with van der Waals surface area (Å²) < 4.78 is 0.971. The molecule has 0 saturated carbocycles. The molecular weight excluding hydrogens is 275 g/mol. The second-order valence-electron chi connectivity index (χ2n) is 3.69. The molecule has 0 aromatic heterocycles. The van der Waals surface area contributed by atoms with Crippen molar-refractivity contribution < 1.29 is 0 Å². The van der Waals surface area contributed by atoms with E-state index in [-0.39, 0.29) is 0 Å². The molecule has 0 spiro atoms. The molecule has 1 saturated heterocycles. The normalized spacial score (nSPS) is 17.6. The van der Waals surface area contributed by atoms with E-state index in [9.17, 15) is 0 Å². The van der Waals surface area contributed by atoms with Crippen molar-refractivity contribution in [2.24, 2.45) is 0 Å². The van der Waals surface area contributed by atoms with Crippen molar-refractivity contribution in [3.05, 3.63) is 27.7 Å². The van der Waals surface area contributed by atoms with Gasteiger partial charge in [0.25, 0.3) is 0 Å². The highest BCUT2D eigenvalue weighted by Crippen LogP contribution is 2.27. The predicted octanol–water partition coefficient (Wildman–Crippen LogP) is 2.90. The summed E-state index contributed by atoms with van der Waals surface area (Å²) in [5, 5.41) is 4.16. The van der Waals surface area contributed by atoms with Crippen molar-refractivity contribution in [3.63, 3.8) is 0 Å². The van der Waals surface area contributed by atoms with Crippen LogP contribution in [-0.4, -0.2) is 26.2 Å². The zero-order valence-electron chi connectivity index (χ0n) is 8.47. The third-order valence-electron chi connectivity index (χ3n) is 2.61. The minimum absolute atomic E-state index is 0.770. The van der Waals surface area contributed by atoms with E-state index in [2.05, 4.69) is 38.3 Å². The van der Waals surface area contributed by atoms with Crippen LogP contribution in [-0.2, 0) is 0 Å². The molecule has 82 valence electrons. The maximum Gasteiger partial charge on any atom is 0.0549 e. The number of benzene rings is 1. The van der Waals surface area contributed by atoms with Crippen molar-refractivity contribution in [1.82, 2.24) is 5.32 Å². The van der Waals surface area contributed by atoms with E-state index in [1.54, 1.807) is 0 Å². The van der Waals surface area contributed by atoms with Crippen LogP contribution < -0.4 is 10.2 Å². The smallest absolute Gasteiger partial charge is 0.0549 e. The summed E-state index contributed by atoms with van der Waals surface area (Å²) in [6.45, 7) is 4.35. The van der Waals surface area contributed by atoms with E-state index < -0.39 is 0 Å². The first-order valence-corrected chi connectivity index (χ1v) is 6.35.